The number of allylic oxidation sites excluding steroid dienone is 1. The summed E-state index contributed by atoms with van der Waals surface area (Å²) < 4.78 is 0. The number of β-lactam (4-membered cyclic amide) rings is 1. The van der Waals surface area contributed by atoms with Gasteiger partial charge in [0, 0.05) is 5.57 Å². The fourth-order valence-electron chi connectivity index (χ4n) is 4.08. The van der Waals surface area contributed by atoms with Crippen LogP contribution in [0.25, 0.3) is 5.57 Å². The van der Waals surface area contributed by atoms with Crippen molar-refractivity contribution in [1.29, 1.82) is 0 Å². The summed E-state index contributed by atoms with van der Waals surface area (Å²) in [7, 11) is 0. The van der Waals surface area contributed by atoms with E-state index >= 15 is 0 Å². The van der Waals surface area contributed by atoms with Gasteiger partial charge in [-0.15, -0.1) is 11.8 Å². The summed E-state index contributed by atoms with van der Waals surface area (Å²) in [6.07, 6.45) is 2.02. The van der Waals surface area contributed by atoms with Crippen LogP contribution in [0.15, 0.2) is 78.0 Å². The van der Waals surface area contributed by atoms with Crippen molar-refractivity contribution in [1.82, 2.24) is 10.2 Å². The average molecular weight is 418 g/mol. The molecule has 2 amide bonds. The van der Waals surface area contributed by atoms with Crippen molar-refractivity contribution in [2.45, 2.75) is 23.1 Å². The molecule has 0 saturated carbocycles. The predicted octanol–water partition coefficient (Wildman–Crippen LogP) is 2.43. The average Bonchev–Trinajstić information content (AvgIpc) is 2.73. The van der Waals surface area contributed by atoms with E-state index in [-0.39, 0.29) is 29.2 Å². The van der Waals surface area contributed by atoms with Crippen molar-refractivity contribution < 1.29 is 19.5 Å². The van der Waals surface area contributed by atoms with Crippen LogP contribution in [0.3, 0.4) is 0 Å². The van der Waals surface area contributed by atoms with Crippen molar-refractivity contribution >= 4 is 35.1 Å². The fourth-order valence-corrected chi connectivity index (χ4v) is 5.71. The first-order valence-corrected chi connectivity index (χ1v) is 10.5. The highest BCUT2D eigenvalue weighted by molar-refractivity contribution is 8.01. The smallest absolute Gasteiger partial charge is 0.352 e. The lowest BCUT2D eigenvalue weighted by Crippen LogP contribution is -2.71. The molecular weight excluding hydrogens is 400 g/mol. The third kappa shape index (κ3) is 2.93. The fraction of sp³-hybridized carbons (Fsp3) is 0.174. The maximum Gasteiger partial charge on any atom is 0.352 e. The molecular formula is C23H18N2O4S. The highest BCUT2D eigenvalue weighted by atomic mass is 32.2. The molecule has 0 unspecified atom stereocenters. The molecule has 1 fully saturated rings. The zero-order chi connectivity index (χ0) is 20.8. The van der Waals surface area contributed by atoms with Crippen molar-refractivity contribution in [3.8, 4) is 0 Å². The zero-order valence-corrected chi connectivity index (χ0v) is 16.6. The van der Waals surface area contributed by atoms with Gasteiger partial charge >= 0.3 is 5.97 Å². The molecule has 2 aromatic carbocycles. The van der Waals surface area contributed by atoms with Crippen molar-refractivity contribution in [2.75, 3.05) is 0 Å². The van der Waals surface area contributed by atoms with E-state index in [1.165, 1.54) is 16.7 Å². The van der Waals surface area contributed by atoms with Gasteiger partial charge in [0.25, 0.3) is 5.91 Å². The summed E-state index contributed by atoms with van der Waals surface area (Å²) in [5.41, 5.74) is 3.62. The van der Waals surface area contributed by atoms with Gasteiger partial charge in [-0.25, -0.2) is 4.79 Å². The first-order valence-electron chi connectivity index (χ1n) is 9.61. The van der Waals surface area contributed by atoms with E-state index in [9.17, 15) is 19.5 Å². The highest BCUT2D eigenvalue weighted by Gasteiger charge is 2.57. The van der Waals surface area contributed by atoms with Gasteiger partial charge in [-0.05, 0) is 22.8 Å². The number of carboxylic acid groups (broad SMARTS) is 1. The summed E-state index contributed by atoms with van der Waals surface area (Å²) in [4.78, 5) is 38.4. The van der Waals surface area contributed by atoms with Crippen molar-refractivity contribution in [3.63, 3.8) is 0 Å². The first-order chi connectivity index (χ1) is 14.5. The number of hydrogen-bond acceptors (Lipinski definition) is 4. The Kier molecular flexibility index (Phi) is 4.47. The molecule has 2 aromatic rings. The van der Waals surface area contributed by atoms with Crippen LogP contribution < -0.4 is 5.32 Å². The van der Waals surface area contributed by atoms with Crippen LogP contribution >= 0.6 is 11.8 Å². The number of carboxylic acids is 1. The molecule has 30 heavy (non-hydrogen) atoms. The van der Waals surface area contributed by atoms with E-state index in [4.69, 9.17) is 0 Å². The maximum atomic E-state index is 12.7. The van der Waals surface area contributed by atoms with Crippen LogP contribution in [-0.2, 0) is 20.8 Å². The van der Waals surface area contributed by atoms with E-state index in [2.05, 4.69) is 5.32 Å². The molecule has 2 aliphatic heterocycles. The Balaban J connectivity index is 1.37. The number of rotatable bonds is 5. The van der Waals surface area contributed by atoms with Gasteiger partial charge < -0.3 is 10.4 Å². The van der Waals surface area contributed by atoms with Gasteiger partial charge in [-0.3, -0.25) is 14.5 Å². The number of amides is 2. The number of benzene rings is 2. The molecule has 0 radical (unpaired) electrons. The lowest BCUT2D eigenvalue weighted by molar-refractivity contribution is -0.150. The Morgan fingerprint density at radius 3 is 2.37 bits per heavy atom. The lowest BCUT2D eigenvalue weighted by atomic mass is 9.84. The number of carbonyl (C=O) groups is 3. The number of hydrogen-bond donors (Lipinski definition) is 2. The van der Waals surface area contributed by atoms with E-state index in [1.54, 1.807) is 0 Å². The third-order valence-corrected chi connectivity index (χ3v) is 7.08. The minimum atomic E-state index is -1.12. The molecule has 3 aliphatic rings. The second-order valence-electron chi connectivity index (χ2n) is 7.40. The van der Waals surface area contributed by atoms with Crippen LogP contribution in [-0.4, -0.2) is 44.5 Å². The topological polar surface area (TPSA) is 86.7 Å². The first kappa shape index (κ1) is 18.7. The minimum Gasteiger partial charge on any atom is -0.477 e. The SMILES string of the molecule is O=C(Cc1ccccc1)N[C@@H]1C(=O)N2C(C(=O)O)=C3C=C(c4ccccc4)[C@@H]3S[C@H]12. The standard InChI is InChI=1S/C23H18N2O4S/c26-17(11-13-7-3-1-4-8-13)24-18-21(27)25-19(23(28)29)16-12-15(20(16)30-22(18)25)14-9-5-2-6-10-14/h1-10,12,18,20,22H,11H2,(H,24,26)(H,28,29)/t18-,20+,22-/m1/s1. The molecule has 0 aromatic heterocycles. The van der Waals surface area contributed by atoms with Crippen LogP contribution in [0.2, 0.25) is 0 Å². The highest BCUT2D eigenvalue weighted by Crippen LogP contribution is 2.53. The zero-order valence-electron chi connectivity index (χ0n) is 15.8. The molecule has 7 heteroatoms. The minimum absolute atomic E-state index is 0.0296. The second-order valence-corrected chi connectivity index (χ2v) is 8.62. The van der Waals surface area contributed by atoms with Crippen molar-refractivity contribution in [2.24, 2.45) is 0 Å². The molecule has 2 heterocycles. The third-order valence-electron chi connectivity index (χ3n) is 5.54. The number of aliphatic carboxylic acids is 1. The van der Waals surface area contributed by atoms with Gasteiger partial charge in [0.15, 0.2) is 0 Å². The molecule has 0 bridgehead atoms. The quantitative estimate of drug-likeness (QED) is 0.729. The molecule has 2 N–H and O–H groups in total. The number of thioether (sulfide) groups is 1. The summed E-state index contributed by atoms with van der Waals surface area (Å²) in [5.74, 6) is -1.75. The number of fused-ring (bicyclic) bond motifs is 2. The van der Waals surface area contributed by atoms with E-state index in [0.29, 0.717) is 5.57 Å². The van der Waals surface area contributed by atoms with Gasteiger partial charge in [-0.2, -0.15) is 0 Å². The Morgan fingerprint density at radius 2 is 1.70 bits per heavy atom. The van der Waals surface area contributed by atoms with Gasteiger partial charge in [0.05, 0.1) is 11.7 Å². The molecule has 3 atom stereocenters. The molecule has 1 saturated heterocycles. The maximum absolute atomic E-state index is 12.7. The number of nitrogens with zero attached hydrogens (tertiary/aromatic N) is 1. The van der Waals surface area contributed by atoms with E-state index in [1.807, 2.05) is 66.7 Å². The Hall–Kier alpha value is -3.32. The molecule has 5 rings (SSSR count). The largest absolute Gasteiger partial charge is 0.477 e. The molecule has 0 spiro atoms. The second kappa shape index (κ2) is 7.18. The van der Waals surface area contributed by atoms with E-state index < -0.39 is 17.4 Å². The van der Waals surface area contributed by atoms with Crippen LogP contribution in [0.5, 0.6) is 0 Å². The van der Waals surface area contributed by atoms with Crippen LogP contribution in [0, 0.1) is 0 Å². The Morgan fingerprint density at radius 1 is 1.03 bits per heavy atom. The molecule has 150 valence electrons. The van der Waals surface area contributed by atoms with Crippen LogP contribution in [0.4, 0.5) is 0 Å². The summed E-state index contributed by atoms with van der Waals surface area (Å²) >= 11 is 1.52. The van der Waals surface area contributed by atoms with E-state index in [0.717, 1.165) is 16.7 Å². The van der Waals surface area contributed by atoms with Gasteiger partial charge in [0.2, 0.25) is 5.91 Å². The lowest BCUT2D eigenvalue weighted by Gasteiger charge is -2.53. The summed E-state index contributed by atoms with van der Waals surface area (Å²) in [6, 6.07) is 18.4. The number of carbonyl (C=O) groups excluding carboxylic acids is 2. The normalized spacial score (nSPS) is 24.1. The van der Waals surface area contributed by atoms with Gasteiger partial charge in [0.1, 0.15) is 17.1 Å². The monoisotopic (exact) mass is 418 g/mol. The number of nitrogens with one attached hydrogen (secondary N) is 1. The van der Waals surface area contributed by atoms with Gasteiger partial charge in [-0.1, -0.05) is 60.7 Å². The summed E-state index contributed by atoms with van der Waals surface area (Å²) in [6.45, 7) is 0. The molecule has 1 aliphatic carbocycles. The Bertz CT molecular complexity index is 1110. The molecule has 6 nitrogen and oxygen atoms in total. The van der Waals surface area contributed by atoms with Crippen molar-refractivity contribution in [3.05, 3.63) is 89.1 Å². The van der Waals surface area contributed by atoms with Crippen LogP contribution in [0.1, 0.15) is 11.1 Å². The summed E-state index contributed by atoms with van der Waals surface area (Å²) in [5, 5.41) is 12.0. The Labute approximate surface area is 177 Å². The predicted molar refractivity (Wildman–Crippen MR) is 113 cm³/mol.